The summed E-state index contributed by atoms with van der Waals surface area (Å²) < 4.78 is 31.3. The summed E-state index contributed by atoms with van der Waals surface area (Å²) in [7, 11) is -3.51. The van der Waals surface area contributed by atoms with Crippen molar-refractivity contribution in [2.24, 2.45) is 0 Å². The minimum atomic E-state index is -3.51. The van der Waals surface area contributed by atoms with Crippen LogP contribution in [0.4, 0.5) is 0 Å². The Bertz CT molecular complexity index is 848. The molecular formula is C20H26N2O4S2. The Morgan fingerprint density at radius 3 is 2.57 bits per heavy atom. The van der Waals surface area contributed by atoms with Crippen molar-refractivity contribution < 1.29 is 17.9 Å². The van der Waals surface area contributed by atoms with Crippen LogP contribution in [-0.2, 0) is 32.6 Å². The lowest BCUT2D eigenvalue weighted by Crippen LogP contribution is -2.44. The van der Waals surface area contributed by atoms with Crippen molar-refractivity contribution in [1.82, 2.24) is 9.21 Å². The van der Waals surface area contributed by atoms with Gasteiger partial charge in [-0.3, -0.25) is 4.79 Å². The van der Waals surface area contributed by atoms with Crippen LogP contribution in [0.25, 0.3) is 0 Å². The van der Waals surface area contributed by atoms with Crippen LogP contribution in [0.5, 0.6) is 0 Å². The van der Waals surface area contributed by atoms with Gasteiger partial charge < -0.3 is 9.64 Å². The highest BCUT2D eigenvalue weighted by Crippen LogP contribution is 2.18. The number of carbonyl (C=O) groups is 1. The summed E-state index contributed by atoms with van der Waals surface area (Å²) in [6.45, 7) is 1.60. The number of ether oxygens (including phenoxy) is 1. The normalized spacial score (nSPS) is 17.1. The molecule has 1 aromatic heterocycles. The fourth-order valence-corrected chi connectivity index (χ4v) is 4.71. The van der Waals surface area contributed by atoms with Gasteiger partial charge in [-0.25, -0.2) is 8.42 Å². The third kappa shape index (κ3) is 6.13. The van der Waals surface area contributed by atoms with Crippen molar-refractivity contribution in [2.75, 3.05) is 26.0 Å². The van der Waals surface area contributed by atoms with Gasteiger partial charge in [0.15, 0.2) is 0 Å². The maximum atomic E-state index is 13.1. The topological polar surface area (TPSA) is 66.9 Å². The highest BCUT2D eigenvalue weighted by atomic mass is 32.2. The van der Waals surface area contributed by atoms with Crippen LogP contribution in [0, 0.1) is 0 Å². The summed E-state index contributed by atoms with van der Waals surface area (Å²) in [5.74, 6) is -0.208. The summed E-state index contributed by atoms with van der Waals surface area (Å²) in [5, 5.41) is 1.97. The van der Waals surface area contributed by atoms with Crippen LogP contribution in [0.15, 0.2) is 47.8 Å². The molecule has 0 bridgehead atoms. The summed E-state index contributed by atoms with van der Waals surface area (Å²) >= 11 is 1.58. The number of hydrogen-bond donors (Lipinski definition) is 0. The molecule has 0 saturated carbocycles. The van der Waals surface area contributed by atoms with E-state index in [9.17, 15) is 13.2 Å². The zero-order chi connectivity index (χ0) is 20.0. The minimum absolute atomic E-state index is 0.137. The quantitative estimate of drug-likeness (QED) is 0.623. The third-order valence-corrected chi connectivity index (χ3v) is 6.79. The van der Waals surface area contributed by atoms with Crippen molar-refractivity contribution in [3.8, 4) is 0 Å². The third-order valence-electron chi connectivity index (χ3n) is 4.71. The molecular weight excluding hydrogens is 396 g/mol. The summed E-state index contributed by atoms with van der Waals surface area (Å²) in [5.41, 5.74) is 1.01. The zero-order valence-corrected chi connectivity index (χ0v) is 17.6. The van der Waals surface area contributed by atoms with Crippen LogP contribution < -0.4 is 0 Å². The lowest BCUT2D eigenvalue weighted by Gasteiger charge is -2.27. The molecule has 8 heteroatoms. The standard InChI is InChI=1S/C20H26N2O4S2/c1-28(24,25)22(14-18-9-5-11-26-18)16-20(23)21(15-19-10-6-12-27-19)13-17-7-3-2-4-8-17/h2-4,6-8,10,12,18H,5,9,11,13-16H2,1H3. The fourth-order valence-electron chi connectivity index (χ4n) is 3.21. The highest BCUT2D eigenvalue weighted by Gasteiger charge is 2.28. The van der Waals surface area contributed by atoms with Crippen LogP contribution >= 0.6 is 11.3 Å². The van der Waals surface area contributed by atoms with Crippen LogP contribution in [0.2, 0.25) is 0 Å². The Morgan fingerprint density at radius 2 is 1.96 bits per heavy atom. The molecule has 28 heavy (non-hydrogen) atoms. The van der Waals surface area contributed by atoms with Gasteiger partial charge in [0, 0.05) is 24.6 Å². The Kier molecular flexibility index (Phi) is 7.23. The maximum absolute atomic E-state index is 13.1. The first-order valence-electron chi connectivity index (χ1n) is 9.32. The predicted octanol–water partition coefficient (Wildman–Crippen LogP) is 2.72. The Hall–Kier alpha value is -1.74. The van der Waals surface area contributed by atoms with Gasteiger partial charge in [-0.05, 0) is 29.9 Å². The molecule has 1 atom stereocenters. The zero-order valence-electron chi connectivity index (χ0n) is 16.0. The van der Waals surface area contributed by atoms with Gasteiger partial charge in [-0.15, -0.1) is 11.3 Å². The molecule has 152 valence electrons. The van der Waals surface area contributed by atoms with E-state index >= 15 is 0 Å². The largest absolute Gasteiger partial charge is 0.377 e. The molecule has 1 aliphatic heterocycles. The van der Waals surface area contributed by atoms with E-state index in [4.69, 9.17) is 4.74 Å². The molecule has 1 fully saturated rings. The Balaban J connectivity index is 1.73. The average molecular weight is 423 g/mol. The number of rotatable bonds is 9. The van der Waals surface area contributed by atoms with Crippen molar-refractivity contribution in [1.29, 1.82) is 0 Å². The second-order valence-corrected chi connectivity index (χ2v) is 10.0. The summed E-state index contributed by atoms with van der Waals surface area (Å²) in [4.78, 5) is 15.9. The van der Waals surface area contributed by atoms with E-state index in [0.29, 0.717) is 19.7 Å². The predicted molar refractivity (Wildman–Crippen MR) is 110 cm³/mol. The van der Waals surface area contributed by atoms with Crippen molar-refractivity contribution in [3.63, 3.8) is 0 Å². The molecule has 1 saturated heterocycles. The number of benzene rings is 1. The fraction of sp³-hybridized carbons (Fsp3) is 0.450. The molecule has 1 unspecified atom stereocenters. The van der Waals surface area contributed by atoms with Gasteiger partial charge in [0.05, 0.1) is 25.4 Å². The second-order valence-electron chi connectivity index (χ2n) is 7.01. The molecule has 6 nitrogen and oxygen atoms in total. The highest BCUT2D eigenvalue weighted by molar-refractivity contribution is 7.88. The van der Waals surface area contributed by atoms with E-state index in [1.54, 1.807) is 16.2 Å². The Morgan fingerprint density at radius 1 is 1.18 bits per heavy atom. The van der Waals surface area contributed by atoms with Gasteiger partial charge in [-0.1, -0.05) is 36.4 Å². The minimum Gasteiger partial charge on any atom is -0.377 e. The first-order valence-corrected chi connectivity index (χ1v) is 12.1. The molecule has 0 radical (unpaired) electrons. The molecule has 3 rings (SSSR count). The lowest BCUT2D eigenvalue weighted by molar-refractivity contribution is -0.132. The van der Waals surface area contributed by atoms with E-state index in [2.05, 4.69) is 0 Å². The van der Waals surface area contributed by atoms with E-state index in [0.717, 1.165) is 29.5 Å². The van der Waals surface area contributed by atoms with Crippen molar-refractivity contribution in [3.05, 3.63) is 58.3 Å². The van der Waals surface area contributed by atoms with Crippen molar-refractivity contribution >= 4 is 27.3 Å². The molecule has 0 aliphatic carbocycles. The van der Waals surface area contributed by atoms with E-state index in [1.807, 2.05) is 47.8 Å². The summed E-state index contributed by atoms with van der Waals surface area (Å²) in [6.07, 6.45) is 2.76. The van der Waals surface area contributed by atoms with Crippen LogP contribution in [0.1, 0.15) is 23.3 Å². The van der Waals surface area contributed by atoms with Gasteiger partial charge in [0.25, 0.3) is 0 Å². The number of nitrogens with zero attached hydrogens (tertiary/aromatic N) is 2. The summed E-state index contributed by atoms with van der Waals surface area (Å²) in [6, 6.07) is 13.7. The number of carbonyl (C=O) groups excluding carboxylic acids is 1. The number of amides is 1. The second kappa shape index (κ2) is 9.65. The van der Waals surface area contributed by atoms with Gasteiger partial charge >= 0.3 is 0 Å². The molecule has 1 aliphatic rings. The first-order chi connectivity index (χ1) is 13.4. The number of thiophene rings is 1. The first kappa shape index (κ1) is 21.0. The van der Waals surface area contributed by atoms with Gasteiger partial charge in [0.1, 0.15) is 0 Å². The maximum Gasteiger partial charge on any atom is 0.238 e. The molecule has 2 aromatic rings. The molecule has 1 aromatic carbocycles. The van der Waals surface area contributed by atoms with Crippen LogP contribution in [-0.4, -0.2) is 55.6 Å². The van der Waals surface area contributed by atoms with E-state index < -0.39 is 10.0 Å². The monoisotopic (exact) mass is 422 g/mol. The number of sulfonamides is 1. The van der Waals surface area contributed by atoms with E-state index in [1.165, 1.54) is 4.31 Å². The average Bonchev–Trinajstić information content (AvgIpc) is 3.34. The lowest BCUT2D eigenvalue weighted by atomic mass is 10.2. The van der Waals surface area contributed by atoms with E-state index in [-0.39, 0.29) is 25.1 Å². The van der Waals surface area contributed by atoms with Crippen molar-refractivity contribution in [2.45, 2.75) is 32.0 Å². The SMILES string of the molecule is CS(=O)(=O)N(CC(=O)N(Cc1ccccc1)Cc1cccs1)CC1CCCO1. The molecule has 0 N–H and O–H groups in total. The molecule has 2 heterocycles. The molecule has 0 spiro atoms. The van der Waals surface area contributed by atoms with Gasteiger partial charge in [-0.2, -0.15) is 4.31 Å². The van der Waals surface area contributed by atoms with Crippen LogP contribution in [0.3, 0.4) is 0 Å². The number of hydrogen-bond acceptors (Lipinski definition) is 5. The Labute approximate surface area is 170 Å². The smallest absolute Gasteiger partial charge is 0.238 e. The van der Waals surface area contributed by atoms with Gasteiger partial charge in [0.2, 0.25) is 15.9 Å². The molecule has 1 amide bonds.